The van der Waals surface area contributed by atoms with Gasteiger partial charge in [0.25, 0.3) is 0 Å². The molecule has 0 saturated heterocycles. The van der Waals surface area contributed by atoms with Crippen molar-refractivity contribution in [1.82, 2.24) is 0 Å². The van der Waals surface area contributed by atoms with Crippen LogP contribution in [0.5, 0.6) is 5.75 Å². The smallest absolute Gasteiger partial charge is 0.138 e. The van der Waals surface area contributed by atoms with Crippen molar-refractivity contribution in [3.63, 3.8) is 0 Å². The summed E-state index contributed by atoms with van der Waals surface area (Å²) in [4.78, 5) is 0. The second kappa shape index (κ2) is 6.70. The van der Waals surface area contributed by atoms with Gasteiger partial charge in [0, 0.05) is 6.61 Å². The van der Waals surface area contributed by atoms with E-state index in [4.69, 9.17) is 21.1 Å². The summed E-state index contributed by atoms with van der Waals surface area (Å²) in [6.45, 7) is 6.15. The van der Waals surface area contributed by atoms with Gasteiger partial charge >= 0.3 is 0 Å². The van der Waals surface area contributed by atoms with Crippen molar-refractivity contribution in [2.24, 2.45) is 5.92 Å². The van der Waals surface area contributed by atoms with Gasteiger partial charge in [-0.2, -0.15) is 0 Å². The Kier molecular flexibility index (Phi) is 5.51. The van der Waals surface area contributed by atoms with E-state index < -0.39 is 0 Å². The first kappa shape index (κ1) is 12.3. The normalized spacial score (nSPS) is 10.7. The van der Waals surface area contributed by atoms with Crippen LogP contribution < -0.4 is 4.74 Å². The Bertz CT molecular complexity index is 287. The van der Waals surface area contributed by atoms with Gasteiger partial charge in [0.15, 0.2) is 0 Å². The van der Waals surface area contributed by atoms with E-state index in [1.165, 1.54) is 0 Å². The highest BCUT2D eigenvalue weighted by atomic mass is 35.5. The van der Waals surface area contributed by atoms with Gasteiger partial charge in [-0.05, 0) is 18.1 Å². The first-order valence-corrected chi connectivity index (χ1v) is 5.53. The fourth-order valence-electron chi connectivity index (χ4n) is 1.09. The third-order valence-corrected chi connectivity index (χ3v) is 2.09. The molecule has 0 N–H and O–H groups in total. The van der Waals surface area contributed by atoms with Gasteiger partial charge in [0.05, 0.1) is 11.6 Å². The van der Waals surface area contributed by atoms with Crippen LogP contribution in [0.1, 0.15) is 13.8 Å². The third-order valence-electron chi connectivity index (χ3n) is 1.77. The maximum atomic E-state index is 5.92. The zero-order valence-electron chi connectivity index (χ0n) is 9.20. The highest BCUT2D eigenvalue weighted by Gasteiger charge is 1.99. The molecule has 0 heterocycles. The van der Waals surface area contributed by atoms with E-state index in [2.05, 4.69) is 13.8 Å². The summed E-state index contributed by atoms with van der Waals surface area (Å²) < 4.78 is 10.9. The van der Waals surface area contributed by atoms with Crippen LogP contribution in [0.4, 0.5) is 0 Å². The zero-order chi connectivity index (χ0) is 11.1. The van der Waals surface area contributed by atoms with E-state index in [1.54, 1.807) is 0 Å². The molecule has 2 nitrogen and oxygen atoms in total. The SMILES string of the molecule is CC(C)COCCOc1ccccc1Cl. The molecule has 15 heavy (non-hydrogen) atoms. The average molecular weight is 229 g/mol. The topological polar surface area (TPSA) is 18.5 Å². The molecule has 0 saturated carbocycles. The quantitative estimate of drug-likeness (QED) is 0.695. The van der Waals surface area contributed by atoms with Gasteiger partial charge in [-0.25, -0.2) is 0 Å². The molecule has 0 radical (unpaired) electrons. The summed E-state index contributed by atoms with van der Waals surface area (Å²) in [5.41, 5.74) is 0. The summed E-state index contributed by atoms with van der Waals surface area (Å²) in [6.07, 6.45) is 0. The zero-order valence-corrected chi connectivity index (χ0v) is 9.96. The van der Waals surface area contributed by atoms with E-state index in [-0.39, 0.29) is 0 Å². The Morgan fingerprint density at radius 1 is 1.20 bits per heavy atom. The first-order chi connectivity index (χ1) is 7.20. The minimum absolute atomic E-state index is 0.538. The lowest BCUT2D eigenvalue weighted by molar-refractivity contribution is 0.0819. The molecule has 0 aliphatic rings. The van der Waals surface area contributed by atoms with Crippen molar-refractivity contribution in [1.29, 1.82) is 0 Å². The summed E-state index contributed by atoms with van der Waals surface area (Å²) in [5, 5.41) is 0.640. The lowest BCUT2D eigenvalue weighted by Crippen LogP contribution is -2.10. The number of rotatable bonds is 6. The van der Waals surface area contributed by atoms with Crippen LogP contribution >= 0.6 is 11.6 Å². The van der Waals surface area contributed by atoms with Crippen molar-refractivity contribution >= 4 is 11.6 Å². The second-order valence-electron chi connectivity index (χ2n) is 3.75. The van der Waals surface area contributed by atoms with Crippen LogP contribution in [0.15, 0.2) is 24.3 Å². The van der Waals surface area contributed by atoms with Crippen LogP contribution in [0.25, 0.3) is 0 Å². The van der Waals surface area contributed by atoms with E-state index in [0.29, 0.717) is 29.9 Å². The molecule has 0 fully saturated rings. The van der Waals surface area contributed by atoms with Gasteiger partial charge < -0.3 is 9.47 Å². The predicted octanol–water partition coefficient (Wildman–Crippen LogP) is 3.39. The molecule has 0 atom stereocenters. The van der Waals surface area contributed by atoms with Crippen LogP contribution in [-0.4, -0.2) is 19.8 Å². The van der Waals surface area contributed by atoms with Crippen molar-refractivity contribution in [2.45, 2.75) is 13.8 Å². The number of hydrogen-bond donors (Lipinski definition) is 0. The van der Waals surface area contributed by atoms with Gasteiger partial charge in [-0.1, -0.05) is 37.6 Å². The molecule has 0 unspecified atom stereocenters. The van der Waals surface area contributed by atoms with Gasteiger partial charge in [-0.3, -0.25) is 0 Å². The fraction of sp³-hybridized carbons (Fsp3) is 0.500. The fourth-order valence-corrected chi connectivity index (χ4v) is 1.28. The van der Waals surface area contributed by atoms with E-state index in [1.807, 2.05) is 24.3 Å². The Balaban J connectivity index is 2.18. The number of halogens is 1. The molecule has 0 bridgehead atoms. The first-order valence-electron chi connectivity index (χ1n) is 5.15. The highest BCUT2D eigenvalue weighted by Crippen LogP contribution is 2.22. The number of para-hydroxylation sites is 1. The van der Waals surface area contributed by atoms with Gasteiger partial charge in [0.2, 0.25) is 0 Å². The molecule has 1 rings (SSSR count). The van der Waals surface area contributed by atoms with Gasteiger partial charge in [-0.15, -0.1) is 0 Å². The van der Waals surface area contributed by atoms with Crippen molar-refractivity contribution < 1.29 is 9.47 Å². The molecule has 1 aromatic rings. The molecular formula is C12H17ClO2. The van der Waals surface area contributed by atoms with Crippen molar-refractivity contribution in [3.8, 4) is 5.75 Å². The standard InChI is InChI=1S/C12H17ClO2/c1-10(2)9-14-7-8-15-12-6-4-3-5-11(12)13/h3-6,10H,7-9H2,1-2H3. The molecule has 0 aliphatic carbocycles. The molecule has 0 spiro atoms. The summed E-state index contributed by atoms with van der Waals surface area (Å²) in [5.74, 6) is 1.28. The summed E-state index contributed by atoms with van der Waals surface area (Å²) in [6, 6.07) is 7.44. The molecule has 0 amide bonds. The molecule has 0 aliphatic heterocycles. The van der Waals surface area contributed by atoms with Crippen LogP contribution in [0, 0.1) is 5.92 Å². The summed E-state index contributed by atoms with van der Waals surface area (Å²) >= 11 is 5.92. The monoisotopic (exact) mass is 228 g/mol. The Morgan fingerprint density at radius 2 is 1.93 bits per heavy atom. The maximum Gasteiger partial charge on any atom is 0.138 e. The Morgan fingerprint density at radius 3 is 2.60 bits per heavy atom. The van der Waals surface area contributed by atoms with Crippen LogP contribution in [0.2, 0.25) is 5.02 Å². The largest absolute Gasteiger partial charge is 0.490 e. The number of hydrogen-bond acceptors (Lipinski definition) is 2. The second-order valence-corrected chi connectivity index (χ2v) is 4.15. The van der Waals surface area contributed by atoms with Crippen molar-refractivity contribution in [3.05, 3.63) is 29.3 Å². The number of benzene rings is 1. The van der Waals surface area contributed by atoms with Gasteiger partial charge in [0.1, 0.15) is 12.4 Å². The minimum Gasteiger partial charge on any atom is -0.490 e. The molecule has 1 aromatic carbocycles. The summed E-state index contributed by atoms with van der Waals surface area (Å²) in [7, 11) is 0. The van der Waals surface area contributed by atoms with Crippen molar-refractivity contribution in [2.75, 3.05) is 19.8 Å². The molecule has 84 valence electrons. The van der Waals surface area contributed by atoms with E-state index >= 15 is 0 Å². The maximum absolute atomic E-state index is 5.92. The lowest BCUT2D eigenvalue weighted by atomic mass is 10.2. The molecule has 0 aromatic heterocycles. The average Bonchev–Trinajstić information content (AvgIpc) is 2.20. The van der Waals surface area contributed by atoms with E-state index in [0.717, 1.165) is 6.61 Å². The number of ether oxygens (including phenoxy) is 2. The molecule has 3 heteroatoms. The lowest BCUT2D eigenvalue weighted by Gasteiger charge is -2.09. The molecular weight excluding hydrogens is 212 g/mol. The Labute approximate surface area is 96.2 Å². The van der Waals surface area contributed by atoms with E-state index in [9.17, 15) is 0 Å². The van der Waals surface area contributed by atoms with Crippen LogP contribution in [-0.2, 0) is 4.74 Å². The van der Waals surface area contributed by atoms with Crippen LogP contribution in [0.3, 0.4) is 0 Å². The minimum atomic E-state index is 0.538. The predicted molar refractivity (Wildman–Crippen MR) is 62.6 cm³/mol. The third kappa shape index (κ3) is 5.05. The Hall–Kier alpha value is -0.730. The highest BCUT2D eigenvalue weighted by molar-refractivity contribution is 6.32.